The van der Waals surface area contributed by atoms with Gasteiger partial charge in [0.1, 0.15) is 18.3 Å². The molecule has 5 N–H and O–H groups in total. The van der Waals surface area contributed by atoms with Gasteiger partial charge in [-0.15, -0.1) is 0 Å². The minimum atomic E-state index is -1.32. The lowest BCUT2D eigenvalue weighted by Crippen LogP contribution is -2.57. The van der Waals surface area contributed by atoms with E-state index >= 15 is 0 Å². The van der Waals surface area contributed by atoms with Crippen molar-refractivity contribution in [2.75, 3.05) is 0 Å². The van der Waals surface area contributed by atoms with Crippen molar-refractivity contribution in [1.29, 1.82) is 0 Å². The van der Waals surface area contributed by atoms with Crippen molar-refractivity contribution in [3.8, 4) is 0 Å². The smallest absolute Gasteiger partial charge is 0.205 e. The molecule has 6 heteroatoms. The highest BCUT2D eigenvalue weighted by atomic mass is 16.8. The maximum Gasteiger partial charge on any atom is 0.205 e. The lowest BCUT2D eigenvalue weighted by Gasteiger charge is -2.37. The van der Waals surface area contributed by atoms with Gasteiger partial charge < -0.3 is 20.1 Å². The third-order valence-electron chi connectivity index (χ3n) is 1.94. The molecule has 1 rings (SSSR count). The first-order valence-corrected chi connectivity index (χ1v) is 3.63. The highest BCUT2D eigenvalue weighted by molar-refractivity contribution is 4.86. The Morgan fingerprint density at radius 2 is 1.75 bits per heavy atom. The molecule has 0 aromatic heterocycles. The molecule has 0 saturated carbocycles. The highest BCUT2D eigenvalue weighted by Crippen LogP contribution is 2.20. The number of nitrogens with two attached hydrogens (primary N) is 1. The summed E-state index contributed by atoms with van der Waals surface area (Å²) >= 11 is 0. The van der Waals surface area contributed by atoms with Gasteiger partial charge in [-0.25, -0.2) is 5.90 Å². The summed E-state index contributed by atoms with van der Waals surface area (Å²) in [5.74, 6) is 4.79. The van der Waals surface area contributed by atoms with Crippen LogP contribution in [-0.4, -0.2) is 46.0 Å². The van der Waals surface area contributed by atoms with Crippen molar-refractivity contribution in [3.05, 3.63) is 0 Å². The number of hydrogen-bond acceptors (Lipinski definition) is 6. The van der Waals surface area contributed by atoms with E-state index in [1.165, 1.54) is 0 Å². The van der Waals surface area contributed by atoms with E-state index in [1.807, 2.05) is 0 Å². The molecule has 1 heterocycles. The Morgan fingerprint density at radius 1 is 1.17 bits per heavy atom. The number of aliphatic hydroxyl groups excluding tert-OH is 3. The topological polar surface area (TPSA) is 105 Å². The molecule has 0 radical (unpaired) electrons. The van der Waals surface area contributed by atoms with E-state index in [0.717, 1.165) is 0 Å². The van der Waals surface area contributed by atoms with E-state index in [0.29, 0.717) is 0 Å². The maximum atomic E-state index is 9.20. The molecule has 1 aliphatic heterocycles. The third kappa shape index (κ3) is 1.58. The van der Waals surface area contributed by atoms with Crippen LogP contribution in [0, 0.1) is 0 Å². The molecule has 5 atom stereocenters. The van der Waals surface area contributed by atoms with Crippen LogP contribution in [0.5, 0.6) is 0 Å². The van der Waals surface area contributed by atoms with Crippen LogP contribution < -0.4 is 5.90 Å². The molecule has 12 heavy (non-hydrogen) atoms. The first kappa shape index (κ1) is 9.85. The van der Waals surface area contributed by atoms with Crippen molar-refractivity contribution in [3.63, 3.8) is 0 Å². The van der Waals surface area contributed by atoms with E-state index in [1.54, 1.807) is 6.92 Å². The molecular weight excluding hydrogens is 166 g/mol. The van der Waals surface area contributed by atoms with E-state index in [4.69, 9.17) is 10.6 Å². The lowest BCUT2D eigenvalue weighted by atomic mass is 10.0. The second kappa shape index (κ2) is 3.65. The summed E-state index contributed by atoms with van der Waals surface area (Å²) in [5.41, 5.74) is 0. The Balaban J connectivity index is 2.63. The SMILES string of the molecule is C[C@@H]1O[C@H](ON)[C@@H](O)[C@H](O)[C@@H]1O. The molecule has 0 spiro atoms. The van der Waals surface area contributed by atoms with Crippen LogP contribution in [0.1, 0.15) is 6.92 Å². The van der Waals surface area contributed by atoms with Crippen molar-refractivity contribution >= 4 is 0 Å². The van der Waals surface area contributed by atoms with Crippen LogP contribution in [0.25, 0.3) is 0 Å². The monoisotopic (exact) mass is 179 g/mol. The third-order valence-corrected chi connectivity index (χ3v) is 1.94. The molecule has 0 unspecified atom stereocenters. The van der Waals surface area contributed by atoms with Gasteiger partial charge in [-0.3, -0.25) is 4.84 Å². The molecule has 0 amide bonds. The van der Waals surface area contributed by atoms with E-state index in [2.05, 4.69) is 4.84 Å². The minimum Gasteiger partial charge on any atom is -0.388 e. The normalized spacial score (nSPS) is 49.2. The minimum absolute atomic E-state index is 0.614. The number of hydrogen-bond donors (Lipinski definition) is 4. The van der Waals surface area contributed by atoms with Crippen molar-refractivity contribution < 1.29 is 24.9 Å². The summed E-state index contributed by atoms with van der Waals surface area (Å²) < 4.78 is 4.92. The van der Waals surface area contributed by atoms with E-state index in [-0.39, 0.29) is 0 Å². The summed E-state index contributed by atoms with van der Waals surface area (Å²) in [6.45, 7) is 1.55. The molecule has 0 aromatic carbocycles. The average Bonchev–Trinajstić information content (AvgIpc) is 2.08. The van der Waals surface area contributed by atoms with E-state index in [9.17, 15) is 15.3 Å². The van der Waals surface area contributed by atoms with E-state index < -0.39 is 30.7 Å². The average molecular weight is 179 g/mol. The summed E-state index contributed by atoms with van der Waals surface area (Å²) in [6, 6.07) is 0. The van der Waals surface area contributed by atoms with Gasteiger partial charge in [-0.1, -0.05) is 0 Å². The van der Waals surface area contributed by atoms with Gasteiger partial charge in [-0.05, 0) is 6.92 Å². The Hall–Kier alpha value is -0.240. The van der Waals surface area contributed by atoms with Crippen LogP contribution in [0.4, 0.5) is 0 Å². The fourth-order valence-corrected chi connectivity index (χ4v) is 1.13. The molecule has 0 bridgehead atoms. The van der Waals surface area contributed by atoms with Crippen molar-refractivity contribution in [2.24, 2.45) is 5.90 Å². The van der Waals surface area contributed by atoms with Crippen molar-refractivity contribution in [1.82, 2.24) is 0 Å². The lowest BCUT2D eigenvalue weighted by molar-refractivity contribution is -0.294. The van der Waals surface area contributed by atoms with Crippen molar-refractivity contribution in [2.45, 2.75) is 37.6 Å². The molecule has 1 fully saturated rings. The summed E-state index contributed by atoms with van der Waals surface area (Å²) in [5, 5.41) is 27.6. The Morgan fingerprint density at radius 3 is 2.25 bits per heavy atom. The molecule has 72 valence electrons. The molecule has 0 aliphatic carbocycles. The first-order chi connectivity index (χ1) is 5.57. The highest BCUT2D eigenvalue weighted by Gasteiger charge is 2.42. The standard InChI is InChI=1S/C6H13NO5/c1-2-3(8)4(9)5(10)6(11-2)12-7/h2-6,8-10H,7H2,1H3/t2-,3+,4+,5-,6+/m0/s1. The molecular formula is C6H13NO5. The summed E-state index contributed by atoms with van der Waals surface area (Å²) in [6.07, 6.45) is -5.43. The molecule has 1 saturated heterocycles. The van der Waals surface area contributed by atoms with Gasteiger partial charge in [0.25, 0.3) is 0 Å². The zero-order valence-electron chi connectivity index (χ0n) is 6.62. The summed E-state index contributed by atoms with van der Waals surface area (Å²) in [7, 11) is 0. The van der Waals surface area contributed by atoms with Gasteiger partial charge >= 0.3 is 0 Å². The van der Waals surface area contributed by atoms with Gasteiger partial charge in [0.05, 0.1) is 6.10 Å². The zero-order chi connectivity index (χ0) is 9.30. The second-order valence-electron chi connectivity index (χ2n) is 2.82. The number of ether oxygens (including phenoxy) is 1. The Labute approximate surface area is 69.5 Å². The maximum absolute atomic E-state index is 9.20. The Bertz CT molecular complexity index is 150. The fourth-order valence-electron chi connectivity index (χ4n) is 1.13. The van der Waals surface area contributed by atoms with Crippen LogP contribution in [-0.2, 0) is 9.57 Å². The Kier molecular flexibility index (Phi) is 2.99. The second-order valence-corrected chi connectivity index (χ2v) is 2.82. The summed E-state index contributed by atoms with van der Waals surface area (Å²) in [4.78, 5) is 4.25. The first-order valence-electron chi connectivity index (χ1n) is 3.63. The van der Waals surface area contributed by atoms with Gasteiger partial charge in [-0.2, -0.15) is 0 Å². The molecule has 0 aromatic rings. The van der Waals surface area contributed by atoms with Gasteiger partial charge in [0.2, 0.25) is 6.29 Å². The molecule has 6 nitrogen and oxygen atoms in total. The fraction of sp³-hybridized carbons (Fsp3) is 1.00. The van der Waals surface area contributed by atoms with Crippen LogP contribution in [0.15, 0.2) is 0 Å². The predicted octanol–water partition coefficient (Wildman–Crippen LogP) is -2.30. The molecule has 1 aliphatic rings. The number of aliphatic hydroxyl groups is 3. The quantitative estimate of drug-likeness (QED) is 0.337. The van der Waals surface area contributed by atoms with Crippen LogP contribution >= 0.6 is 0 Å². The van der Waals surface area contributed by atoms with Gasteiger partial charge in [0.15, 0.2) is 0 Å². The van der Waals surface area contributed by atoms with Crippen LogP contribution in [0.2, 0.25) is 0 Å². The predicted molar refractivity (Wildman–Crippen MR) is 37.6 cm³/mol. The number of rotatable bonds is 1. The zero-order valence-corrected chi connectivity index (χ0v) is 6.62. The van der Waals surface area contributed by atoms with Gasteiger partial charge in [0, 0.05) is 0 Å². The van der Waals surface area contributed by atoms with Crippen LogP contribution in [0.3, 0.4) is 0 Å². The largest absolute Gasteiger partial charge is 0.388 e.